The average molecular weight is 264 g/mol. The van der Waals surface area contributed by atoms with E-state index >= 15 is 0 Å². The number of nitrogens with one attached hydrogen (secondary N) is 1. The van der Waals surface area contributed by atoms with Gasteiger partial charge in [0.05, 0.1) is 12.3 Å². The molecule has 0 unspecified atom stereocenters. The van der Waals surface area contributed by atoms with Crippen molar-refractivity contribution in [2.45, 2.75) is 58.5 Å². The van der Waals surface area contributed by atoms with Crippen LogP contribution < -0.4 is 5.56 Å². The maximum absolute atomic E-state index is 12.1. The standard InChI is InChI=1S/C15H24N2O2/c1-4-12-13(9-19-3)16-14(17-15(12)18)11-7-5-10(2)6-8-11/h10-11H,4-9H2,1-3H3,(H,16,17,18). The number of H-pyrrole nitrogens is 1. The molecule has 1 aromatic heterocycles. The predicted octanol–water partition coefficient (Wildman–Crippen LogP) is 2.77. The lowest BCUT2D eigenvalue weighted by Crippen LogP contribution is -2.23. The van der Waals surface area contributed by atoms with Gasteiger partial charge >= 0.3 is 0 Å². The summed E-state index contributed by atoms with van der Waals surface area (Å²) in [6, 6.07) is 0. The summed E-state index contributed by atoms with van der Waals surface area (Å²) in [6.45, 7) is 4.69. The minimum atomic E-state index is 0.0122. The lowest BCUT2D eigenvalue weighted by atomic mass is 9.82. The lowest BCUT2D eigenvalue weighted by Gasteiger charge is -2.25. The van der Waals surface area contributed by atoms with Crippen molar-refractivity contribution in [3.05, 3.63) is 27.4 Å². The number of ether oxygens (including phenoxy) is 1. The van der Waals surface area contributed by atoms with E-state index in [0.717, 1.165) is 35.8 Å². The van der Waals surface area contributed by atoms with Crippen LogP contribution >= 0.6 is 0 Å². The van der Waals surface area contributed by atoms with E-state index in [4.69, 9.17) is 4.74 Å². The Morgan fingerprint density at radius 1 is 1.32 bits per heavy atom. The second-order valence-corrected chi connectivity index (χ2v) is 5.62. The van der Waals surface area contributed by atoms with Crippen molar-refractivity contribution in [3.8, 4) is 0 Å². The van der Waals surface area contributed by atoms with E-state index in [0.29, 0.717) is 18.9 Å². The maximum Gasteiger partial charge on any atom is 0.254 e. The van der Waals surface area contributed by atoms with E-state index in [1.807, 2.05) is 6.92 Å². The van der Waals surface area contributed by atoms with Gasteiger partial charge in [0.15, 0.2) is 0 Å². The first kappa shape index (κ1) is 14.3. The van der Waals surface area contributed by atoms with Crippen LogP contribution in [-0.4, -0.2) is 17.1 Å². The van der Waals surface area contributed by atoms with Crippen molar-refractivity contribution in [1.82, 2.24) is 9.97 Å². The third kappa shape index (κ3) is 3.24. The van der Waals surface area contributed by atoms with Crippen LogP contribution in [0.25, 0.3) is 0 Å². The first-order chi connectivity index (χ1) is 9.15. The van der Waals surface area contributed by atoms with Crippen molar-refractivity contribution in [2.24, 2.45) is 5.92 Å². The number of nitrogens with zero attached hydrogens (tertiary/aromatic N) is 1. The first-order valence-electron chi connectivity index (χ1n) is 7.26. The van der Waals surface area contributed by atoms with Crippen LogP contribution in [0.4, 0.5) is 0 Å². The molecule has 0 radical (unpaired) electrons. The SMILES string of the molecule is CCc1c(COC)nc(C2CCC(C)CC2)[nH]c1=O. The normalized spacial score (nSPS) is 23.5. The molecular formula is C15H24N2O2. The van der Waals surface area contributed by atoms with E-state index in [2.05, 4.69) is 16.9 Å². The molecule has 1 fully saturated rings. The second kappa shape index (κ2) is 6.33. The molecule has 4 heteroatoms. The van der Waals surface area contributed by atoms with Gasteiger partial charge in [-0.05, 0) is 25.2 Å². The van der Waals surface area contributed by atoms with Gasteiger partial charge in [-0.2, -0.15) is 0 Å². The van der Waals surface area contributed by atoms with Crippen LogP contribution in [0.3, 0.4) is 0 Å². The number of hydrogen-bond donors (Lipinski definition) is 1. The van der Waals surface area contributed by atoms with Gasteiger partial charge in [0.1, 0.15) is 5.82 Å². The first-order valence-corrected chi connectivity index (χ1v) is 7.26. The number of rotatable bonds is 4. The third-order valence-electron chi connectivity index (χ3n) is 4.16. The molecule has 0 aromatic carbocycles. The van der Waals surface area contributed by atoms with Gasteiger partial charge in [-0.15, -0.1) is 0 Å². The fraction of sp³-hybridized carbons (Fsp3) is 0.733. The van der Waals surface area contributed by atoms with Gasteiger partial charge in [0, 0.05) is 18.6 Å². The molecule has 0 bridgehead atoms. The topological polar surface area (TPSA) is 55.0 Å². The van der Waals surface area contributed by atoms with Crippen molar-refractivity contribution in [1.29, 1.82) is 0 Å². The van der Waals surface area contributed by atoms with E-state index in [1.54, 1.807) is 7.11 Å². The summed E-state index contributed by atoms with van der Waals surface area (Å²) in [5, 5.41) is 0. The third-order valence-corrected chi connectivity index (χ3v) is 4.16. The Bertz CT molecular complexity index is 474. The zero-order valence-corrected chi connectivity index (χ0v) is 12.2. The highest BCUT2D eigenvalue weighted by Gasteiger charge is 2.23. The molecular weight excluding hydrogens is 240 g/mol. The highest BCUT2D eigenvalue weighted by atomic mass is 16.5. The molecule has 1 aromatic rings. The van der Waals surface area contributed by atoms with E-state index < -0.39 is 0 Å². The average Bonchev–Trinajstić information content (AvgIpc) is 2.39. The van der Waals surface area contributed by atoms with E-state index in [1.165, 1.54) is 12.8 Å². The smallest absolute Gasteiger partial charge is 0.254 e. The Hall–Kier alpha value is -1.16. The van der Waals surface area contributed by atoms with Crippen LogP contribution in [0.5, 0.6) is 0 Å². The van der Waals surface area contributed by atoms with Crippen molar-refractivity contribution >= 4 is 0 Å². The predicted molar refractivity (Wildman–Crippen MR) is 75.3 cm³/mol. The second-order valence-electron chi connectivity index (χ2n) is 5.62. The van der Waals surface area contributed by atoms with E-state index in [9.17, 15) is 4.79 Å². The zero-order chi connectivity index (χ0) is 13.8. The highest BCUT2D eigenvalue weighted by Crippen LogP contribution is 2.33. The maximum atomic E-state index is 12.1. The molecule has 0 saturated heterocycles. The van der Waals surface area contributed by atoms with Crippen LogP contribution in [0.2, 0.25) is 0 Å². The summed E-state index contributed by atoms with van der Waals surface area (Å²) in [4.78, 5) is 19.8. The van der Waals surface area contributed by atoms with Crippen molar-refractivity contribution in [2.75, 3.05) is 7.11 Å². The number of aromatic nitrogens is 2. The molecule has 2 rings (SSSR count). The summed E-state index contributed by atoms with van der Waals surface area (Å²) in [7, 11) is 1.64. The molecule has 0 amide bonds. The summed E-state index contributed by atoms with van der Waals surface area (Å²) in [5.41, 5.74) is 1.58. The van der Waals surface area contributed by atoms with Crippen molar-refractivity contribution < 1.29 is 4.74 Å². The summed E-state index contributed by atoms with van der Waals surface area (Å²) in [6.07, 6.45) is 5.40. The van der Waals surface area contributed by atoms with Gasteiger partial charge in [-0.3, -0.25) is 4.79 Å². The lowest BCUT2D eigenvalue weighted by molar-refractivity contribution is 0.180. The van der Waals surface area contributed by atoms with Crippen LogP contribution in [0.15, 0.2) is 4.79 Å². The molecule has 106 valence electrons. The van der Waals surface area contributed by atoms with Crippen LogP contribution in [-0.2, 0) is 17.8 Å². The molecule has 1 aliphatic rings. The summed E-state index contributed by atoms with van der Waals surface area (Å²) >= 11 is 0. The molecule has 1 aliphatic carbocycles. The summed E-state index contributed by atoms with van der Waals surface area (Å²) in [5.74, 6) is 2.07. The monoisotopic (exact) mass is 264 g/mol. The zero-order valence-electron chi connectivity index (χ0n) is 12.2. The fourth-order valence-electron chi connectivity index (χ4n) is 2.91. The quantitative estimate of drug-likeness (QED) is 0.909. The van der Waals surface area contributed by atoms with Gasteiger partial charge in [0.2, 0.25) is 0 Å². The molecule has 19 heavy (non-hydrogen) atoms. The molecule has 0 aliphatic heterocycles. The Kier molecular flexibility index (Phi) is 4.75. The number of aromatic amines is 1. The molecule has 1 heterocycles. The largest absolute Gasteiger partial charge is 0.378 e. The van der Waals surface area contributed by atoms with Crippen LogP contribution in [0, 0.1) is 5.92 Å². The Labute approximate surface area is 114 Å². The molecule has 0 atom stereocenters. The van der Waals surface area contributed by atoms with Gasteiger partial charge in [0.25, 0.3) is 5.56 Å². The summed E-state index contributed by atoms with van der Waals surface area (Å²) < 4.78 is 5.17. The molecule has 0 spiro atoms. The Morgan fingerprint density at radius 2 is 2.00 bits per heavy atom. The van der Waals surface area contributed by atoms with Crippen molar-refractivity contribution in [3.63, 3.8) is 0 Å². The number of methoxy groups -OCH3 is 1. The molecule has 1 saturated carbocycles. The van der Waals surface area contributed by atoms with Gasteiger partial charge in [-0.1, -0.05) is 26.7 Å². The minimum Gasteiger partial charge on any atom is -0.378 e. The Morgan fingerprint density at radius 3 is 2.58 bits per heavy atom. The van der Waals surface area contributed by atoms with Gasteiger partial charge in [-0.25, -0.2) is 4.98 Å². The molecule has 4 nitrogen and oxygen atoms in total. The fourth-order valence-corrected chi connectivity index (χ4v) is 2.91. The van der Waals surface area contributed by atoms with Crippen LogP contribution in [0.1, 0.15) is 62.5 Å². The van der Waals surface area contributed by atoms with Gasteiger partial charge < -0.3 is 9.72 Å². The minimum absolute atomic E-state index is 0.0122. The number of hydrogen-bond acceptors (Lipinski definition) is 3. The molecule has 1 N–H and O–H groups in total. The Balaban J connectivity index is 2.28. The highest BCUT2D eigenvalue weighted by molar-refractivity contribution is 5.18. The van der Waals surface area contributed by atoms with E-state index in [-0.39, 0.29) is 5.56 Å².